The molecule has 0 radical (unpaired) electrons. The minimum Gasteiger partial charge on any atom is -0.459 e. The Labute approximate surface area is 181 Å². The quantitative estimate of drug-likeness (QED) is 0.432. The molecule has 1 aliphatic heterocycles. The Morgan fingerprint density at radius 2 is 2.10 bits per heavy atom. The highest BCUT2D eigenvalue weighted by molar-refractivity contribution is 6.33. The minimum atomic E-state index is -0.799. The zero-order chi connectivity index (χ0) is 22.0. The highest BCUT2D eigenvalue weighted by Crippen LogP contribution is 2.34. The number of imidazole rings is 1. The van der Waals surface area contributed by atoms with Crippen molar-refractivity contribution in [2.75, 3.05) is 6.61 Å². The van der Waals surface area contributed by atoms with Gasteiger partial charge < -0.3 is 14.2 Å². The van der Waals surface area contributed by atoms with E-state index >= 15 is 0 Å². The van der Waals surface area contributed by atoms with Crippen LogP contribution >= 0.6 is 11.6 Å². The number of hydrogen-bond acceptors (Lipinski definition) is 9. The van der Waals surface area contributed by atoms with Crippen LogP contribution in [0.3, 0.4) is 0 Å². The highest BCUT2D eigenvalue weighted by Gasteiger charge is 2.40. The molecule has 11 heteroatoms. The van der Waals surface area contributed by atoms with Crippen molar-refractivity contribution in [3.8, 4) is 6.07 Å². The van der Waals surface area contributed by atoms with Gasteiger partial charge in [-0.3, -0.25) is 9.36 Å². The van der Waals surface area contributed by atoms with Crippen LogP contribution in [-0.2, 0) is 19.0 Å². The van der Waals surface area contributed by atoms with Crippen molar-refractivity contribution in [2.45, 2.75) is 31.8 Å². The van der Waals surface area contributed by atoms with Crippen molar-refractivity contribution in [2.24, 2.45) is 0 Å². The maximum atomic E-state index is 12.2. The number of nitriles is 1. The van der Waals surface area contributed by atoms with Gasteiger partial charge in [-0.05, 0) is 12.1 Å². The van der Waals surface area contributed by atoms with Gasteiger partial charge in [-0.15, -0.1) is 0 Å². The summed E-state index contributed by atoms with van der Waals surface area (Å²) < 4.78 is 18.3. The summed E-state index contributed by atoms with van der Waals surface area (Å²) in [5, 5.41) is 9.16. The van der Waals surface area contributed by atoms with Crippen LogP contribution in [0.1, 0.15) is 35.8 Å². The third kappa shape index (κ3) is 4.33. The summed E-state index contributed by atoms with van der Waals surface area (Å²) in [5.74, 6) is -1.10. The van der Waals surface area contributed by atoms with E-state index < -0.39 is 30.4 Å². The molecule has 0 N–H and O–H groups in total. The van der Waals surface area contributed by atoms with Crippen LogP contribution in [0, 0.1) is 11.3 Å². The molecule has 3 aromatic rings. The molecule has 0 spiro atoms. The van der Waals surface area contributed by atoms with E-state index in [1.807, 2.05) is 6.07 Å². The van der Waals surface area contributed by atoms with E-state index in [4.69, 9.17) is 31.1 Å². The van der Waals surface area contributed by atoms with Crippen LogP contribution in [0.15, 0.2) is 36.7 Å². The number of carbonyl (C=O) groups is 2. The van der Waals surface area contributed by atoms with E-state index in [1.54, 1.807) is 30.3 Å². The van der Waals surface area contributed by atoms with Gasteiger partial charge in [-0.1, -0.05) is 29.8 Å². The molecule has 1 aromatic carbocycles. The summed E-state index contributed by atoms with van der Waals surface area (Å²) in [6, 6.07) is 10.4. The van der Waals surface area contributed by atoms with Crippen LogP contribution in [-0.4, -0.2) is 50.3 Å². The second-order valence-corrected chi connectivity index (χ2v) is 7.13. The standard InChI is InChI=1S/C20H16ClN5O5/c1-11(27)30-14-7-13(9-29-20(28)12-5-3-2-4-6-12)31-19(14)26-10-23-16-17(21)24-15(8-22)25-18(16)26/h2-6,10,13-14,19H,7,9H2,1H3. The van der Waals surface area contributed by atoms with Crippen molar-refractivity contribution < 1.29 is 23.8 Å². The summed E-state index contributed by atoms with van der Waals surface area (Å²) in [7, 11) is 0. The lowest BCUT2D eigenvalue weighted by molar-refractivity contribution is -0.152. The summed E-state index contributed by atoms with van der Waals surface area (Å²) in [6.45, 7) is 1.26. The van der Waals surface area contributed by atoms with Gasteiger partial charge in [0.1, 0.15) is 24.3 Å². The first-order chi connectivity index (χ1) is 15.0. The first-order valence-corrected chi connectivity index (χ1v) is 9.69. The SMILES string of the molecule is CC(=O)OC1CC(COC(=O)c2ccccc2)OC1n1cnc2c(Cl)nc(C#N)nc21. The fraction of sp³-hybridized carbons (Fsp3) is 0.300. The maximum Gasteiger partial charge on any atom is 0.338 e. The molecule has 0 saturated carbocycles. The smallest absolute Gasteiger partial charge is 0.338 e. The number of nitrogens with zero attached hydrogens (tertiary/aromatic N) is 5. The molecule has 0 amide bonds. The fourth-order valence-electron chi connectivity index (χ4n) is 3.33. The van der Waals surface area contributed by atoms with E-state index in [0.717, 1.165) is 0 Å². The number of halogens is 1. The predicted octanol–water partition coefficient (Wildman–Crippen LogP) is 2.43. The molecule has 3 unspecified atom stereocenters. The number of benzene rings is 1. The molecule has 10 nitrogen and oxygen atoms in total. The van der Waals surface area contributed by atoms with Gasteiger partial charge in [0.2, 0.25) is 5.82 Å². The molecular formula is C20H16ClN5O5. The average molecular weight is 442 g/mol. The zero-order valence-corrected chi connectivity index (χ0v) is 17.0. The third-order valence-corrected chi connectivity index (χ3v) is 4.89. The molecule has 1 aliphatic rings. The Hall–Kier alpha value is -3.55. The number of esters is 2. The molecule has 3 heterocycles. The lowest BCUT2D eigenvalue weighted by Crippen LogP contribution is -2.24. The largest absolute Gasteiger partial charge is 0.459 e. The van der Waals surface area contributed by atoms with Crippen LogP contribution in [0.5, 0.6) is 0 Å². The summed E-state index contributed by atoms with van der Waals surface area (Å²) >= 11 is 6.09. The first kappa shape index (κ1) is 20.7. The first-order valence-electron chi connectivity index (χ1n) is 9.31. The Balaban J connectivity index is 1.56. The molecule has 3 atom stereocenters. The predicted molar refractivity (Wildman–Crippen MR) is 106 cm³/mol. The zero-order valence-electron chi connectivity index (χ0n) is 16.3. The van der Waals surface area contributed by atoms with Gasteiger partial charge in [-0.2, -0.15) is 10.2 Å². The second-order valence-electron chi connectivity index (χ2n) is 6.77. The molecular weight excluding hydrogens is 426 g/mol. The number of fused-ring (bicyclic) bond motifs is 1. The molecule has 2 aromatic heterocycles. The Bertz CT molecular complexity index is 1180. The number of ether oxygens (including phenoxy) is 3. The Morgan fingerprint density at radius 1 is 1.32 bits per heavy atom. The maximum absolute atomic E-state index is 12.2. The number of rotatable bonds is 5. The second kappa shape index (κ2) is 8.67. The van der Waals surface area contributed by atoms with E-state index in [0.29, 0.717) is 5.56 Å². The van der Waals surface area contributed by atoms with Crippen LogP contribution in [0.2, 0.25) is 5.15 Å². The molecule has 4 rings (SSSR count). The number of hydrogen-bond donors (Lipinski definition) is 0. The van der Waals surface area contributed by atoms with E-state index in [1.165, 1.54) is 17.8 Å². The highest BCUT2D eigenvalue weighted by atomic mass is 35.5. The third-order valence-electron chi connectivity index (χ3n) is 4.63. The van der Waals surface area contributed by atoms with Crippen molar-refractivity contribution in [1.82, 2.24) is 19.5 Å². The summed E-state index contributed by atoms with van der Waals surface area (Å²) in [5.41, 5.74) is 0.968. The Morgan fingerprint density at radius 3 is 2.81 bits per heavy atom. The summed E-state index contributed by atoms with van der Waals surface area (Å²) in [4.78, 5) is 36.0. The van der Waals surface area contributed by atoms with Gasteiger partial charge in [0.05, 0.1) is 18.0 Å². The van der Waals surface area contributed by atoms with Crippen LogP contribution in [0.25, 0.3) is 11.2 Å². The fourth-order valence-corrected chi connectivity index (χ4v) is 3.55. The molecule has 0 bridgehead atoms. The van der Waals surface area contributed by atoms with Gasteiger partial charge in [-0.25, -0.2) is 14.8 Å². The van der Waals surface area contributed by atoms with Gasteiger partial charge in [0, 0.05) is 13.3 Å². The van der Waals surface area contributed by atoms with Crippen LogP contribution in [0.4, 0.5) is 0 Å². The van der Waals surface area contributed by atoms with Crippen molar-refractivity contribution in [1.29, 1.82) is 5.26 Å². The van der Waals surface area contributed by atoms with Crippen molar-refractivity contribution >= 4 is 34.7 Å². The van der Waals surface area contributed by atoms with Gasteiger partial charge >= 0.3 is 11.9 Å². The van der Waals surface area contributed by atoms with Crippen molar-refractivity contribution in [3.05, 3.63) is 53.2 Å². The van der Waals surface area contributed by atoms with Gasteiger partial charge in [0.25, 0.3) is 0 Å². The van der Waals surface area contributed by atoms with Crippen LogP contribution < -0.4 is 0 Å². The Kier molecular flexibility index (Phi) is 5.79. The van der Waals surface area contributed by atoms with Crippen molar-refractivity contribution in [3.63, 3.8) is 0 Å². The molecule has 158 valence electrons. The minimum absolute atomic E-state index is 0.0238. The number of carbonyl (C=O) groups excluding carboxylic acids is 2. The molecule has 31 heavy (non-hydrogen) atoms. The lowest BCUT2D eigenvalue weighted by Gasteiger charge is -2.20. The lowest BCUT2D eigenvalue weighted by atomic mass is 10.2. The van der Waals surface area contributed by atoms with E-state index in [2.05, 4.69) is 15.0 Å². The molecule has 1 saturated heterocycles. The topological polar surface area (TPSA) is 129 Å². The normalized spacial score (nSPS) is 20.4. The monoisotopic (exact) mass is 441 g/mol. The molecule has 1 fully saturated rings. The van der Waals surface area contributed by atoms with E-state index in [9.17, 15) is 9.59 Å². The summed E-state index contributed by atoms with van der Waals surface area (Å²) in [6.07, 6.45) is -0.310. The molecule has 0 aliphatic carbocycles. The number of aromatic nitrogens is 4. The van der Waals surface area contributed by atoms with E-state index in [-0.39, 0.29) is 35.2 Å². The van der Waals surface area contributed by atoms with Gasteiger partial charge in [0.15, 0.2) is 17.0 Å². The average Bonchev–Trinajstić information content (AvgIpc) is 3.36.